The number of aromatic nitrogens is 2. The molecule has 21 heavy (non-hydrogen) atoms. The lowest BCUT2D eigenvalue weighted by molar-refractivity contribution is 0.555. The average molecular weight is 286 g/mol. The zero-order valence-corrected chi connectivity index (χ0v) is 13.9. The van der Waals surface area contributed by atoms with Crippen molar-refractivity contribution in [3.63, 3.8) is 0 Å². The Labute approximate surface area is 127 Å². The smallest absolute Gasteiger partial charge is 0.268 e. The van der Waals surface area contributed by atoms with Crippen molar-refractivity contribution in [1.29, 1.82) is 0 Å². The highest BCUT2D eigenvalue weighted by molar-refractivity contribution is 5.39. The number of hydrogen-bond acceptors (Lipinski definition) is 1. The molecular weight excluding hydrogens is 260 g/mol. The molecule has 0 unspecified atom stereocenters. The first-order valence-electron chi connectivity index (χ1n) is 7.61. The summed E-state index contributed by atoms with van der Waals surface area (Å²) < 4.78 is 1.96. The van der Waals surface area contributed by atoms with Gasteiger partial charge in [0.2, 0.25) is 0 Å². The van der Waals surface area contributed by atoms with E-state index in [1.807, 2.05) is 4.68 Å². The highest BCUT2D eigenvalue weighted by atomic mass is 16.1. The molecule has 1 aromatic carbocycles. The fraction of sp³-hybridized carbons (Fsp3) is 0.500. The van der Waals surface area contributed by atoms with Crippen LogP contribution in [0.3, 0.4) is 0 Å². The van der Waals surface area contributed by atoms with Crippen LogP contribution in [0.15, 0.2) is 29.1 Å². The molecule has 0 aliphatic rings. The molecule has 3 heteroatoms. The number of aromatic amines is 1. The number of hydrogen-bond donors (Lipinski definition) is 1. The van der Waals surface area contributed by atoms with Crippen molar-refractivity contribution in [3.8, 4) is 5.69 Å². The van der Waals surface area contributed by atoms with Crippen molar-refractivity contribution in [2.45, 2.75) is 53.4 Å². The van der Waals surface area contributed by atoms with Crippen molar-refractivity contribution in [2.75, 3.05) is 0 Å². The molecule has 0 spiro atoms. The Balaban J connectivity index is 2.66. The van der Waals surface area contributed by atoms with Gasteiger partial charge in [0, 0.05) is 5.56 Å². The van der Waals surface area contributed by atoms with Gasteiger partial charge in [-0.2, -0.15) is 0 Å². The molecule has 0 atom stereocenters. The van der Waals surface area contributed by atoms with Gasteiger partial charge < -0.3 is 0 Å². The van der Waals surface area contributed by atoms with E-state index in [1.165, 1.54) is 5.56 Å². The fourth-order valence-electron chi connectivity index (χ4n) is 2.74. The predicted octanol–water partition coefficient (Wildman–Crippen LogP) is 3.97. The third-order valence-corrected chi connectivity index (χ3v) is 3.64. The SMILES string of the molecule is Cc1ccc(-n2[nH]c(=O)c(C(C)(C)C)c2CC(C)C)cc1. The third kappa shape index (κ3) is 3.29. The summed E-state index contributed by atoms with van der Waals surface area (Å²) in [6, 6.07) is 8.26. The molecule has 3 nitrogen and oxygen atoms in total. The van der Waals surface area contributed by atoms with Crippen LogP contribution in [0.4, 0.5) is 0 Å². The summed E-state index contributed by atoms with van der Waals surface area (Å²) in [5.74, 6) is 0.498. The van der Waals surface area contributed by atoms with Crippen molar-refractivity contribution >= 4 is 0 Å². The summed E-state index contributed by atoms with van der Waals surface area (Å²) in [4.78, 5) is 12.5. The lowest BCUT2D eigenvalue weighted by atomic mass is 9.85. The molecule has 0 bridgehead atoms. The summed E-state index contributed by atoms with van der Waals surface area (Å²) in [5.41, 5.74) is 4.11. The van der Waals surface area contributed by atoms with Gasteiger partial charge in [0.25, 0.3) is 5.56 Å². The molecule has 0 radical (unpaired) electrons. The minimum absolute atomic E-state index is 0.0266. The van der Waals surface area contributed by atoms with Gasteiger partial charge in [0.1, 0.15) is 0 Å². The number of H-pyrrole nitrogens is 1. The van der Waals surface area contributed by atoms with Crippen LogP contribution < -0.4 is 5.56 Å². The lowest BCUT2D eigenvalue weighted by Gasteiger charge is -2.20. The second-order valence-corrected chi connectivity index (χ2v) is 7.28. The monoisotopic (exact) mass is 286 g/mol. The largest absolute Gasteiger partial charge is 0.268 e. The van der Waals surface area contributed by atoms with Gasteiger partial charge >= 0.3 is 0 Å². The Hall–Kier alpha value is -1.77. The number of aryl methyl sites for hydroxylation is 1. The van der Waals surface area contributed by atoms with E-state index in [0.717, 1.165) is 23.4 Å². The van der Waals surface area contributed by atoms with E-state index in [1.54, 1.807) is 0 Å². The molecule has 0 amide bonds. The molecule has 0 aliphatic heterocycles. The van der Waals surface area contributed by atoms with Gasteiger partial charge in [-0.1, -0.05) is 52.3 Å². The van der Waals surface area contributed by atoms with Crippen molar-refractivity contribution in [1.82, 2.24) is 9.78 Å². The van der Waals surface area contributed by atoms with E-state index in [2.05, 4.69) is 70.9 Å². The standard InChI is InChI=1S/C18H26N2O/c1-12(2)11-15-16(18(4,5)6)17(21)19-20(15)14-9-7-13(3)8-10-14/h7-10,12H,11H2,1-6H3,(H,19,21). The van der Waals surface area contributed by atoms with Crippen LogP contribution in [0.2, 0.25) is 0 Å². The molecule has 2 aromatic rings. The lowest BCUT2D eigenvalue weighted by Crippen LogP contribution is -2.22. The second-order valence-electron chi connectivity index (χ2n) is 7.28. The van der Waals surface area contributed by atoms with Gasteiger partial charge in [-0.25, -0.2) is 0 Å². The maximum absolute atomic E-state index is 12.5. The van der Waals surface area contributed by atoms with Gasteiger partial charge in [0.05, 0.1) is 11.4 Å². The summed E-state index contributed by atoms with van der Waals surface area (Å²) >= 11 is 0. The van der Waals surface area contributed by atoms with Crippen LogP contribution >= 0.6 is 0 Å². The maximum Gasteiger partial charge on any atom is 0.268 e. The summed E-state index contributed by atoms with van der Waals surface area (Å²) in [5, 5.41) is 3.02. The van der Waals surface area contributed by atoms with E-state index in [-0.39, 0.29) is 11.0 Å². The fourth-order valence-corrected chi connectivity index (χ4v) is 2.74. The molecule has 1 N–H and O–H groups in total. The van der Waals surface area contributed by atoms with Crippen LogP contribution in [-0.4, -0.2) is 9.78 Å². The van der Waals surface area contributed by atoms with Gasteiger partial charge in [-0.05, 0) is 36.8 Å². The van der Waals surface area contributed by atoms with E-state index >= 15 is 0 Å². The predicted molar refractivity (Wildman–Crippen MR) is 88.4 cm³/mol. The molecule has 2 rings (SSSR count). The summed E-state index contributed by atoms with van der Waals surface area (Å²) in [6.45, 7) is 12.7. The normalized spacial score (nSPS) is 12.1. The number of benzene rings is 1. The van der Waals surface area contributed by atoms with E-state index in [4.69, 9.17) is 0 Å². The molecule has 1 heterocycles. The average Bonchev–Trinajstić information content (AvgIpc) is 2.65. The minimum Gasteiger partial charge on any atom is -0.268 e. The first-order chi connectivity index (χ1) is 9.70. The topological polar surface area (TPSA) is 37.8 Å². The highest BCUT2D eigenvalue weighted by Gasteiger charge is 2.26. The Morgan fingerprint density at radius 2 is 1.71 bits per heavy atom. The minimum atomic E-state index is -0.159. The summed E-state index contributed by atoms with van der Waals surface area (Å²) in [6.07, 6.45) is 0.888. The first-order valence-corrected chi connectivity index (χ1v) is 7.61. The van der Waals surface area contributed by atoms with E-state index < -0.39 is 0 Å². The highest BCUT2D eigenvalue weighted by Crippen LogP contribution is 2.26. The Morgan fingerprint density at radius 3 is 2.19 bits per heavy atom. The molecule has 1 aromatic heterocycles. The van der Waals surface area contributed by atoms with Crippen molar-refractivity contribution < 1.29 is 0 Å². The Kier molecular flexibility index (Phi) is 4.13. The van der Waals surface area contributed by atoms with Crippen molar-refractivity contribution in [3.05, 3.63) is 51.4 Å². The number of nitrogens with one attached hydrogen (secondary N) is 1. The zero-order valence-electron chi connectivity index (χ0n) is 13.9. The Bertz CT molecular complexity index is 667. The maximum atomic E-state index is 12.5. The van der Waals surface area contributed by atoms with Gasteiger partial charge in [-0.3, -0.25) is 14.6 Å². The molecule has 0 aliphatic carbocycles. The number of nitrogens with zero attached hydrogens (tertiary/aromatic N) is 1. The quantitative estimate of drug-likeness (QED) is 0.911. The zero-order chi connectivity index (χ0) is 15.8. The van der Waals surface area contributed by atoms with Crippen molar-refractivity contribution in [2.24, 2.45) is 5.92 Å². The Morgan fingerprint density at radius 1 is 1.14 bits per heavy atom. The first kappa shape index (κ1) is 15.6. The van der Waals surface area contributed by atoms with Crippen LogP contribution in [0.25, 0.3) is 5.69 Å². The third-order valence-electron chi connectivity index (χ3n) is 3.64. The number of rotatable bonds is 3. The van der Waals surface area contributed by atoms with Crippen LogP contribution in [0.5, 0.6) is 0 Å². The van der Waals surface area contributed by atoms with E-state index in [9.17, 15) is 4.79 Å². The van der Waals surface area contributed by atoms with Gasteiger partial charge in [-0.15, -0.1) is 0 Å². The molecular formula is C18H26N2O. The molecule has 0 fully saturated rings. The molecule has 0 saturated heterocycles. The van der Waals surface area contributed by atoms with Crippen LogP contribution in [-0.2, 0) is 11.8 Å². The summed E-state index contributed by atoms with van der Waals surface area (Å²) in [7, 11) is 0. The van der Waals surface area contributed by atoms with Crippen LogP contribution in [0, 0.1) is 12.8 Å². The van der Waals surface area contributed by atoms with Gasteiger partial charge in [0.15, 0.2) is 0 Å². The second kappa shape index (κ2) is 5.55. The molecule has 0 saturated carbocycles. The van der Waals surface area contributed by atoms with E-state index in [0.29, 0.717) is 5.92 Å². The van der Waals surface area contributed by atoms with Crippen LogP contribution in [0.1, 0.15) is 51.4 Å². The molecule has 114 valence electrons.